The van der Waals surface area contributed by atoms with E-state index >= 15 is 0 Å². The number of hydrogen-bond acceptors (Lipinski definition) is 3. The van der Waals surface area contributed by atoms with Crippen molar-refractivity contribution in [3.63, 3.8) is 0 Å². The van der Waals surface area contributed by atoms with E-state index in [0.717, 1.165) is 5.70 Å². The Bertz CT molecular complexity index is 474. The van der Waals surface area contributed by atoms with Crippen molar-refractivity contribution in [3.05, 3.63) is 35.3 Å². The Morgan fingerprint density at radius 3 is 2.79 bits per heavy atom. The van der Waals surface area contributed by atoms with Crippen LogP contribution in [0.2, 0.25) is 0 Å². The molecule has 19 heavy (non-hydrogen) atoms. The van der Waals surface area contributed by atoms with E-state index in [-0.39, 0.29) is 17.4 Å². The van der Waals surface area contributed by atoms with Gasteiger partial charge in [-0.3, -0.25) is 4.79 Å². The second-order valence-electron chi connectivity index (χ2n) is 5.95. The smallest absolute Gasteiger partial charge is 0.264 e. The molecule has 0 fully saturated rings. The zero-order valence-electron chi connectivity index (χ0n) is 11.7. The van der Waals surface area contributed by atoms with Crippen LogP contribution in [0.4, 0.5) is 0 Å². The normalized spacial score (nSPS) is 23.2. The number of halogens is 1. The van der Waals surface area contributed by atoms with Crippen LogP contribution >= 0.6 is 11.6 Å². The number of carbonyl (C=O) groups excluding carboxylic acids is 1. The zero-order valence-corrected chi connectivity index (χ0v) is 12.5. The van der Waals surface area contributed by atoms with Gasteiger partial charge in [0.25, 0.3) is 5.91 Å². The van der Waals surface area contributed by atoms with E-state index in [9.17, 15) is 4.79 Å². The lowest BCUT2D eigenvalue weighted by molar-refractivity contribution is -0.126. The molecular formula is C14H20ClN3O. The summed E-state index contributed by atoms with van der Waals surface area (Å²) in [5.74, 6) is -0.0736. The minimum atomic E-state index is -0.478. The van der Waals surface area contributed by atoms with Gasteiger partial charge in [0.05, 0.1) is 5.70 Å². The average molecular weight is 282 g/mol. The summed E-state index contributed by atoms with van der Waals surface area (Å²) in [6, 6.07) is 0.0777. The van der Waals surface area contributed by atoms with E-state index in [1.165, 1.54) is 0 Å². The van der Waals surface area contributed by atoms with Gasteiger partial charge in [0.15, 0.2) is 6.17 Å². The fraction of sp³-hybridized carbons (Fsp3) is 0.500. The number of nitrogens with one attached hydrogen (secondary N) is 2. The summed E-state index contributed by atoms with van der Waals surface area (Å²) in [4.78, 5) is 14.2. The fourth-order valence-electron chi connectivity index (χ4n) is 1.83. The van der Waals surface area contributed by atoms with Gasteiger partial charge in [-0.25, -0.2) is 0 Å². The lowest BCUT2D eigenvalue weighted by atomic mass is 9.88. The maximum Gasteiger partial charge on any atom is 0.264 e. The molecule has 2 N–H and O–H groups in total. The van der Waals surface area contributed by atoms with Crippen LogP contribution in [0.15, 0.2) is 35.3 Å². The minimum absolute atomic E-state index is 0.0198. The summed E-state index contributed by atoms with van der Waals surface area (Å²) >= 11 is 6.11. The minimum Gasteiger partial charge on any atom is -0.350 e. The van der Waals surface area contributed by atoms with Crippen molar-refractivity contribution in [1.82, 2.24) is 15.5 Å². The molecule has 5 heteroatoms. The van der Waals surface area contributed by atoms with Gasteiger partial charge < -0.3 is 15.5 Å². The van der Waals surface area contributed by atoms with Crippen molar-refractivity contribution in [2.24, 2.45) is 5.41 Å². The Morgan fingerprint density at radius 2 is 2.16 bits per heavy atom. The van der Waals surface area contributed by atoms with E-state index in [1.807, 2.05) is 36.3 Å². The lowest BCUT2D eigenvalue weighted by Crippen LogP contribution is -2.52. The lowest BCUT2D eigenvalue weighted by Gasteiger charge is -2.31. The molecule has 4 nitrogen and oxygen atoms in total. The molecule has 0 aromatic heterocycles. The second-order valence-corrected chi connectivity index (χ2v) is 6.33. The van der Waals surface area contributed by atoms with Gasteiger partial charge in [0.1, 0.15) is 5.16 Å². The number of amides is 1. The van der Waals surface area contributed by atoms with Gasteiger partial charge in [0.2, 0.25) is 0 Å². The summed E-state index contributed by atoms with van der Waals surface area (Å²) in [7, 11) is 0. The molecule has 0 aromatic rings. The first-order valence-corrected chi connectivity index (χ1v) is 6.78. The van der Waals surface area contributed by atoms with Gasteiger partial charge >= 0.3 is 0 Å². The number of carbonyl (C=O) groups is 1. The number of allylic oxidation sites excluding steroid dienone is 3. The summed E-state index contributed by atoms with van der Waals surface area (Å²) in [6.45, 7) is 8.30. The van der Waals surface area contributed by atoms with Gasteiger partial charge in [0, 0.05) is 12.2 Å². The van der Waals surface area contributed by atoms with Crippen LogP contribution in [0.3, 0.4) is 0 Å². The molecule has 0 spiro atoms. The zero-order chi connectivity index (χ0) is 14.2. The molecule has 0 aromatic carbocycles. The highest BCUT2D eigenvalue weighted by molar-refractivity contribution is 6.30. The van der Waals surface area contributed by atoms with Crippen LogP contribution in [0, 0.1) is 5.41 Å². The van der Waals surface area contributed by atoms with Crippen molar-refractivity contribution in [2.45, 2.75) is 39.9 Å². The first-order chi connectivity index (χ1) is 8.80. The molecule has 1 unspecified atom stereocenters. The van der Waals surface area contributed by atoms with E-state index in [1.54, 1.807) is 0 Å². The number of hydrogen-bond donors (Lipinski definition) is 2. The SMILES string of the molecule is C[C@H](NC(=O)C1NC(Cl)=C2C=CC=CN21)C(C)(C)C. The van der Waals surface area contributed by atoms with E-state index in [4.69, 9.17) is 11.6 Å². The third-order valence-corrected chi connectivity index (χ3v) is 3.87. The molecule has 0 bridgehead atoms. The standard InChI is InChI=1S/C14H20ClN3O/c1-9(14(2,3)4)16-13(19)12-17-11(15)10-7-5-6-8-18(10)12/h5-9,12,17H,1-4H3,(H,16,19)/t9-,12?/m0/s1. The van der Waals surface area contributed by atoms with Crippen LogP contribution in [0.25, 0.3) is 0 Å². The molecule has 0 saturated carbocycles. The molecule has 2 atom stereocenters. The molecule has 2 heterocycles. The Kier molecular flexibility index (Phi) is 3.63. The van der Waals surface area contributed by atoms with Crippen molar-refractivity contribution in [3.8, 4) is 0 Å². The Morgan fingerprint density at radius 1 is 1.47 bits per heavy atom. The van der Waals surface area contributed by atoms with Crippen LogP contribution in [-0.2, 0) is 4.79 Å². The fourth-order valence-corrected chi connectivity index (χ4v) is 2.10. The largest absolute Gasteiger partial charge is 0.350 e. The van der Waals surface area contributed by atoms with Crippen molar-refractivity contribution in [1.29, 1.82) is 0 Å². The van der Waals surface area contributed by atoms with E-state index in [0.29, 0.717) is 5.16 Å². The van der Waals surface area contributed by atoms with Crippen LogP contribution in [-0.4, -0.2) is 23.0 Å². The highest BCUT2D eigenvalue weighted by Gasteiger charge is 2.35. The quantitative estimate of drug-likeness (QED) is 0.763. The highest BCUT2D eigenvalue weighted by atomic mass is 35.5. The molecule has 2 aliphatic rings. The topological polar surface area (TPSA) is 44.4 Å². The maximum atomic E-state index is 12.3. The van der Waals surface area contributed by atoms with E-state index < -0.39 is 6.17 Å². The number of rotatable bonds is 2. The molecule has 2 aliphatic heterocycles. The molecule has 1 amide bonds. The van der Waals surface area contributed by atoms with E-state index in [2.05, 4.69) is 31.4 Å². The molecule has 104 valence electrons. The molecule has 2 rings (SSSR count). The third-order valence-electron chi connectivity index (χ3n) is 3.56. The first kappa shape index (κ1) is 14.0. The molecule has 0 saturated heterocycles. The second kappa shape index (κ2) is 4.93. The molecular weight excluding hydrogens is 262 g/mol. The predicted molar refractivity (Wildman–Crippen MR) is 77.0 cm³/mol. The van der Waals surface area contributed by atoms with Crippen LogP contribution < -0.4 is 10.6 Å². The van der Waals surface area contributed by atoms with Gasteiger partial charge in [-0.1, -0.05) is 38.4 Å². The predicted octanol–water partition coefficient (Wildman–Crippen LogP) is 2.26. The highest BCUT2D eigenvalue weighted by Crippen LogP contribution is 2.27. The van der Waals surface area contributed by atoms with Crippen LogP contribution in [0.1, 0.15) is 27.7 Å². The first-order valence-electron chi connectivity index (χ1n) is 6.40. The Balaban J connectivity index is 2.07. The summed E-state index contributed by atoms with van der Waals surface area (Å²) in [5.41, 5.74) is 0.846. The Hall–Kier alpha value is -1.42. The summed E-state index contributed by atoms with van der Waals surface area (Å²) in [6.07, 6.45) is 7.04. The number of nitrogens with zero attached hydrogens (tertiary/aromatic N) is 1. The average Bonchev–Trinajstić information content (AvgIpc) is 2.66. The molecule has 0 radical (unpaired) electrons. The molecule has 0 aliphatic carbocycles. The van der Waals surface area contributed by atoms with Crippen molar-refractivity contribution in [2.75, 3.05) is 0 Å². The number of fused-ring (bicyclic) bond motifs is 1. The maximum absolute atomic E-state index is 12.3. The summed E-state index contributed by atoms with van der Waals surface area (Å²) in [5, 5.41) is 6.54. The third kappa shape index (κ3) is 2.78. The van der Waals surface area contributed by atoms with Crippen LogP contribution in [0.5, 0.6) is 0 Å². The monoisotopic (exact) mass is 281 g/mol. The Labute approximate surface area is 119 Å². The van der Waals surface area contributed by atoms with Gasteiger partial charge in [-0.2, -0.15) is 0 Å². The van der Waals surface area contributed by atoms with Gasteiger partial charge in [-0.05, 0) is 24.5 Å². The summed E-state index contributed by atoms with van der Waals surface area (Å²) < 4.78 is 0. The van der Waals surface area contributed by atoms with Gasteiger partial charge in [-0.15, -0.1) is 0 Å². The van der Waals surface area contributed by atoms with Crippen molar-refractivity contribution < 1.29 is 4.79 Å². The van der Waals surface area contributed by atoms with Crippen molar-refractivity contribution >= 4 is 17.5 Å².